The van der Waals surface area contributed by atoms with Crippen LogP contribution in [0.5, 0.6) is 0 Å². The molecular formula is C22H20BrF2N5O. The standard InChI is InChI=1S/C22H20BrF2N5O/c23-16-5-1-13(11-17(16)25)22(31)30-9-7-29(8-10-30)21-20(26-15-3-4-15)27-18-6-2-14(24)12-19(18)28-21/h1-2,5-6,11-12,15H,3-4,7-10H2,(H,26,27). The summed E-state index contributed by atoms with van der Waals surface area (Å²) in [5, 5.41) is 3.42. The summed E-state index contributed by atoms with van der Waals surface area (Å²) in [7, 11) is 0. The molecule has 5 rings (SSSR count). The van der Waals surface area contributed by atoms with Crippen LogP contribution >= 0.6 is 15.9 Å². The van der Waals surface area contributed by atoms with Gasteiger partial charge in [0.1, 0.15) is 11.6 Å². The molecule has 0 bridgehead atoms. The Labute approximate surface area is 186 Å². The summed E-state index contributed by atoms with van der Waals surface area (Å²) in [6.45, 7) is 2.06. The monoisotopic (exact) mass is 487 g/mol. The minimum atomic E-state index is -0.459. The fourth-order valence-electron chi connectivity index (χ4n) is 3.69. The van der Waals surface area contributed by atoms with Crippen LogP contribution in [0.25, 0.3) is 11.0 Å². The van der Waals surface area contributed by atoms with Crippen LogP contribution in [0.15, 0.2) is 40.9 Å². The maximum atomic E-state index is 13.8. The van der Waals surface area contributed by atoms with Gasteiger partial charge in [-0.15, -0.1) is 0 Å². The highest BCUT2D eigenvalue weighted by Crippen LogP contribution is 2.31. The third-order valence-corrected chi connectivity index (χ3v) is 6.20. The van der Waals surface area contributed by atoms with Gasteiger partial charge >= 0.3 is 0 Å². The number of benzene rings is 2. The smallest absolute Gasteiger partial charge is 0.254 e. The van der Waals surface area contributed by atoms with Gasteiger partial charge in [0.2, 0.25) is 0 Å². The predicted molar refractivity (Wildman–Crippen MR) is 118 cm³/mol. The van der Waals surface area contributed by atoms with Gasteiger partial charge in [0.05, 0.1) is 15.5 Å². The molecule has 6 nitrogen and oxygen atoms in total. The predicted octanol–water partition coefficient (Wildman–Crippen LogP) is 4.21. The van der Waals surface area contributed by atoms with Crippen molar-refractivity contribution in [3.63, 3.8) is 0 Å². The van der Waals surface area contributed by atoms with E-state index < -0.39 is 5.82 Å². The molecule has 2 fully saturated rings. The largest absolute Gasteiger partial charge is 0.364 e. The number of aromatic nitrogens is 2. The number of rotatable bonds is 4. The minimum absolute atomic E-state index is 0.200. The average molecular weight is 488 g/mol. The Morgan fingerprint density at radius 2 is 1.77 bits per heavy atom. The van der Waals surface area contributed by atoms with Crippen LogP contribution in [-0.2, 0) is 0 Å². The first-order valence-corrected chi connectivity index (χ1v) is 11.0. The van der Waals surface area contributed by atoms with Gasteiger partial charge in [-0.1, -0.05) is 0 Å². The van der Waals surface area contributed by atoms with E-state index in [-0.39, 0.29) is 11.7 Å². The van der Waals surface area contributed by atoms with E-state index in [0.29, 0.717) is 64.9 Å². The number of carbonyl (C=O) groups is 1. The Morgan fingerprint density at radius 3 is 2.48 bits per heavy atom. The number of fused-ring (bicyclic) bond motifs is 1. The van der Waals surface area contributed by atoms with Crippen molar-refractivity contribution >= 4 is 44.5 Å². The molecule has 2 aromatic carbocycles. The number of nitrogens with one attached hydrogen (secondary N) is 1. The molecule has 0 unspecified atom stereocenters. The number of piperazine rings is 1. The first kappa shape index (κ1) is 20.1. The fraction of sp³-hybridized carbons (Fsp3) is 0.318. The highest BCUT2D eigenvalue weighted by Gasteiger charge is 2.28. The maximum absolute atomic E-state index is 13.8. The molecule has 0 radical (unpaired) electrons. The molecule has 1 aliphatic carbocycles. The third kappa shape index (κ3) is 4.19. The van der Waals surface area contributed by atoms with Crippen molar-refractivity contribution in [3.05, 3.63) is 58.1 Å². The Balaban J connectivity index is 1.36. The summed E-state index contributed by atoms with van der Waals surface area (Å²) in [5.74, 6) is 0.351. The van der Waals surface area contributed by atoms with Gasteiger partial charge in [-0.2, -0.15) is 0 Å². The normalized spacial score (nSPS) is 16.6. The van der Waals surface area contributed by atoms with E-state index >= 15 is 0 Å². The highest BCUT2D eigenvalue weighted by atomic mass is 79.9. The zero-order valence-electron chi connectivity index (χ0n) is 16.6. The van der Waals surface area contributed by atoms with Crippen molar-refractivity contribution in [1.29, 1.82) is 0 Å². The minimum Gasteiger partial charge on any atom is -0.364 e. The van der Waals surface area contributed by atoms with Crippen LogP contribution in [0.3, 0.4) is 0 Å². The van der Waals surface area contributed by atoms with Gasteiger partial charge in [0.15, 0.2) is 11.6 Å². The lowest BCUT2D eigenvalue weighted by molar-refractivity contribution is 0.0746. The summed E-state index contributed by atoms with van der Waals surface area (Å²) >= 11 is 3.11. The summed E-state index contributed by atoms with van der Waals surface area (Å²) in [6, 6.07) is 9.19. The lowest BCUT2D eigenvalue weighted by Gasteiger charge is -2.36. The van der Waals surface area contributed by atoms with Gasteiger partial charge in [-0.25, -0.2) is 18.7 Å². The summed E-state index contributed by atoms with van der Waals surface area (Å²) < 4.78 is 27.9. The molecule has 3 aromatic rings. The van der Waals surface area contributed by atoms with Crippen LogP contribution in [-0.4, -0.2) is 53.0 Å². The molecule has 0 spiro atoms. The second kappa shape index (κ2) is 8.03. The van der Waals surface area contributed by atoms with Crippen molar-refractivity contribution in [2.75, 3.05) is 36.4 Å². The van der Waals surface area contributed by atoms with Crippen LogP contribution in [0.4, 0.5) is 20.4 Å². The van der Waals surface area contributed by atoms with E-state index in [9.17, 15) is 13.6 Å². The van der Waals surface area contributed by atoms with Crippen LogP contribution in [0.1, 0.15) is 23.2 Å². The molecule has 1 amide bonds. The molecule has 2 aliphatic rings. The molecule has 1 aromatic heterocycles. The molecule has 0 atom stereocenters. The summed E-state index contributed by atoms with van der Waals surface area (Å²) in [6.07, 6.45) is 2.18. The molecule has 1 saturated carbocycles. The second-order valence-electron chi connectivity index (χ2n) is 7.86. The first-order chi connectivity index (χ1) is 15.0. The number of carbonyl (C=O) groups excluding carboxylic acids is 1. The van der Waals surface area contributed by atoms with E-state index in [1.165, 1.54) is 18.2 Å². The van der Waals surface area contributed by atoms with Gasteiger partial charge in [-0.05, 0) is 59.1 Å². The zero-order valence-corrected chi connectivity index (χ0v) is 18.2. The van der Waals surface area contributed by atoms with Crippen molar-refractivity contribution in [2.45, 2.75) is 18.9 Å². The van der Waals surface area contributed by atoms with Gasteiger partial charge < -0.3 is 15.1 Å². The summed E-state index contributed by atoms with van der Waals surface area (Å²) in [5.41, 5.74) is 1.46. The van der Waals surface area contributed by atoms with Crippen molar-refractivity contribution in [1.82, 2.24) is 14.9 Å². The Bertz CT molecular complexity index is 1160. The Kier molecular flexibility index (Phi) is 5.21. The van der Waals surface area contributed by atoms with E-state index in [4.69, 9.17) is 4.98 Å². The number of nitrogens with zero attached hydrogens (tertiary/aromatic N) is 4. The van der Waals surface area contributed by atoms with Crippen molar-refractivity contribution in [3.8, 4) is 0 Å². The van der Waals surface area contributed by atoms with E-state index in [2.05, 4.69) is 31.1 Å². The molecular weight excluding hydrogens is 468 g/mol. The van der Waals surface area contributed by atoms with E-state index in [1.807, 2.05) is 0 Å². The van der Waals surface area contributed by atoms with Crippen LogP contribution in [0, 0.1) is 11.6 Å². The van der Waals surface area contributed by atoms with Crippen molar-refractivity contribution < 1.29 is 13.6 Å². The van der Waals surface area contributed by atoms with E-state index in [1.54, 1.807) is 23.1 Å². The Morgan fingerprint density at radius 1 is 1.00 bits per heavy atom. The van der Waals surface area contributed by atoms with E-state index in [0.717, 1.165) is 12.8 Å². The van der Waals surface area contributed by atoms with Crippen LogP contribution in [0.2, 0.25) is 0 Å². The number of hydrogen-bond donors (Lipinski definition) is 1. The number of halogens is 3. The van der Waals surface area contributed by atoms with Crippen molar-refractivity contribution in [2.24, 2.45) is 0 Å². The van der Waals surface area contributed by atoms with Gasteiger partial charge in [0.25, 0.3) is 5.91 Å². The molecule has 1 aliphatic heterocycles. The molecule has 2 heterocycles. The first-order valence-electron chi connectivity index (χ1n) is 10.2. The zero-order chi connectivity index (χ0) is 21.5. The molecule has 9 heteroatoms. The quantitative estimate of drug-likeness (QED) is 0.597. The topological polar surface area (TPSA) is 61.4 Å². The summed E-state index contributed by atoms with van der Waals surface area (Å²) in [4.78, 5) is 25.9. The molecule has 1 N–H and O–H groups in total. The van der Waals surface area contributed by atoms with Gasteiger partial charge in [-0.3, -0.25) is 4.79 Å². The second-order valence-corrected chi connectivity index (χ2v) is 8.71. The number of amides is 1. The maximum Gasteiger partial charge on any atom is 0.254 e. The average Bonchev–Trinajstić information content (AvgIpc) is 3.59. The lowest BCUT2D eigenvalue weighted by atomic mass is 10.1. The number of anilines is 2. The third-order valence-electron chi connectivity index (χ3n) is 5.56. The molecule has 31 heavy (non-hydrogen) atoms. The lowest BCUT2D eigenvalue weighted by Crippen LogP contribution is -2.49. The highest BCUT2D eigenvalue weighted by molar-refractivity contribution is 9.10. The van der Waals surface area contributed by atoms with Gasteiger partial charge in [0, 0.05) is 43.9 Å². The molecule has 160 valence electrons. The fourth-order valence-corrected chi connectivity index (χ4v) is 3.94. The molecule has 1 saturated heterocycles. The number of hydrogen-bond acceptors (Lipinski definition) is 5. The SMILES string of the molecule is O=C(c1ccc(Br)c(F)c1)N1CCN(c2nc3cc(F)ccc3nc2NC2CC2)CC1. The Hall–Kier alpha value is -2.81. The van der Waals surface area contributed by atoms with Crippen LogP contribution < -0.4 is 10.2 Å².